The number of nitrogens with one attached hydrogen (secondary N) is 1. The number of esters is 1. The number of ether oxygens (including phenoxy) is 1. The van der Waals surface area contributed by atoms with Gasteiger partial charge < -0.3 is 10.1 Å². The van der Waals surface area contributed by atoms with Gasteiger partial charge in [0.1, 0.15) is 11.6 Å². The van der Waals surface area contributed by atoms with Gasteiger partial charge in [-0.1, -0.05) is 29.8 Å². The molecule has 0 saturated carbocycles. The minimum atomic E-state index is -0.938. The molecule has 21 heavy (non-hydrogen) atoms. The summed E-state index contributed by atoms with van der Waals surface area (Å²) < 4.78 is 4.97. The van der Waals surface area contributed by atoms with Crippen molar-refractivity contribution in [2.24, 2.45) is 0 Å². The van der Waals surface area contributed by atoms with Gasteiger partial charge in [-0.15, -0.1) is 0 Å². The zero-order valence-electron chi connectivity index (χ0n) is 12.3. The molecule has 0 unspecified atom stereocenters. The van der Waals surface area contributed by atoms with Gasteiger partial charge >= 0.3 is 5.97 Å². The molecule has 1 aromatic rings. The Morgan fingerprint density at radius 3 is 2.52 bits per heavy atom. The molecule has 0 aliphatic heterocycles. The third-order valence-electron chi connectivity index (χ3n) is 2.73. The second kappa shape index (κ2) is 7.85. The molecule has 110 valence electrons. The van der Waals surface area contributed by atoms with Gasteiger partial charge in [-0.3, -0.25) is 4.79 Å². The van der Waals surface area contributed by atoms with Gasteiger partial charge in [0.25, 0.3) is 5.91 Å². The highest BCUT2D eigenvalue weighted by atomic mass is 16.5. The zero-order chi connectivity index (χ0) is 15.8. The highest BCUT2D eigenvalue weighted by Gasteiger charge is 2.19. The lowest BCUT2D eigenvalue weighted by atomic mass is 10.1. The summed E-state index contributed by atoms with van der Waals surface area (Å²) >= 11 is 0. The second-order valence-corrected chi connectivity index (χ2v) is 4.52. The number of rotatable bonds is 5. The standard InChI is InChI=1S/C16H18N2O3/c1-4-18-15(19)12(3)21-16(20)14(10-17)9-13-7-5-11(2)6-8-13/h5-9,12H,4H2,1-3H3,(H,18,19)/b14-9+/t12-/m1/s1. The quantitative estimate of drug-likeness (QED) is 0.510. The van der Waals surface area contributed by atoms with Crippen molar-refractivity contribution < 1.29 is 14.3 Å². The van der Waals surface area contributed by atoms with Gasteiger partial charge in [-0.05, 0) is 32.4 Å². The Labute approximate surface area is 124 Å². The lowest BCUT2D eigenvalue weighted by Gasteiger charge is -2.12. The first-order valence-electron chi connectivity index (χ1n) is 6.65. The third-order valence-corrected chi connectivity index (χ3v) is 2.73. The number of hydrogen-bond acceptors (Lipinski definition) is 4. The van der Waals surface area contributed by atoms with E-state index in [1.165, 1.54) is 13.0 Å². The van der Waals surface area contributed by atoms with E-state index in [1.807, 2.05) is 19.1 Å². The van der Waals surface area contributed by atoms with Crippen molar-refractivity contribution in [2.45, 2.75) is 26.9 Å². The molecule has 1 aromatic carbocycles. The van der Waals surface area contributed by atoms with Gasteiger partial charge in [0.15, 0.2) is 6.10 Å². The van der Waals surface area contributed by atoms with Crippen molar-refractivity contribution in [1.29, 1.82) is 5.26 Å². The minimum Gasteiger partial charge on any atom is -0.448 e. The van der Waals surface area contributed by atoms with E-state index in [0.29, 0.717) is 6.54 Å². The molecule has 0 saturated heterocycles. The normalized spacial score (nSPS) is 12.2. The van der Waals surface area contributed by atoms with E-state index >= 15 is 0 Å². The minimum absolute atomic E-state index is 0.144. The maximum absolute atomic E-state index is 11.9. The Morgan fingerprint density at radius 2 is 2.00 bits per heavy atom. The van der Waals surface area contributed by atoms with Crippen LogP contribution in [0.2, 0.25) is 0 Å². The van der Waals surface area contributed by atoms with Gasteiger partial charge in [-0.2, -0.15) is 5.26 Å². The first kappa shape index (κ1) is 16.4. The molecule has 0 aliphatic carbocycles. The zero-order valence-corrected chi connectivity index (χ0v) is 12.3. The average Bonchev–Trinajstić information content (AvgIpc) is 2.46. The first-order valence-corrected chi connectivity index (χ1v) is 6.65. The maximum atomic E-state index is 11.9. The summed E-state index contributed by atoms with van der Waals surface area (Å²) in [6, 6.07) is 9.15. The second-order valence-electron chi connectivity index (χ2n) is 4.52. The summed E-state index contributed by atoms with van der Waals surface area (Å²) in [5, 5.41) is 11.6. The summed E-state index contributed by atoms with van der Waals surface area (Å²) in [5.41, 5.74) is 1.66. The third kappa shape index (κ3) is 5.11. The van der Waals surface area contributed by atoms with Gasteiger partial charge in [0, 0.05) is 6.54 Å². The Morgan fingerprint density at radius 1 is 1.38 bits per heavy atom. The molecule has 5 nitrogen and oxygen atoms in total. The van der Waals surface area contributed by atoms with Crippen LogP contribution in [0.25, 0.3) is 6.08 Å². The molecular formula is C16H18N2O3. The number of nitrogens with zero attached hydrogens (tertiary/aromatic N) is 1. The fraction of sp³-hybridized carbons (Fsp3) is 0.312. The van der Waals surface area contributed by atoms with Crippen molar-refractivity contribution in [3.8, 4) is 6.07 Å². The van der Waals surface area contributed by atoms with Crippen molar-refractivity contribution in [2.75, 3.05) is 6.54 Å². The summed E-state index contributed by atoms with van der Waals surface area (Å²) in [5.74, 6) is -1.20. The number of aryl methyl sites for hydroxylation is 1. The summed E-state index contributed by atoms with van der Waals surface area (Å²) in [6.45, 7) is 5.63. The van der Waals surface area contributed by atoms with E-state index < -0.39 is 18.0 Å². The molecule has 1 atom stereocenters. The van der Waals surface area contributed by atoms with Gasteiger partial charge in [0.2, 0.25) is 0 Å². The summed E-state index contributed by atoms with van der Waals surface area (Å²) in [4.78, 5) is 23.4. The topological polar surface area (TPSA) is 79.2 Å². The van der Waals surface area contributed by atoms with Crippen LogP contribution < -0.4 is 5.32 Å². The van der Waals surface area contributed by atoms with Crippen LogP contribution in [-0.4, -0.2) is 24.5 Å². The molecule has 0 spiro atoms. The van der Waals surface area contributed by atoms with E-state index in [-0.39, 0.29) is 5.57 Å². The predicted octanol–water partition coefficient (Wildman–Crippen LogP) is 1.97. The Hall–Kier alpha value is -2.61. The Balaban J connectivity index is 2.80. The molecule has 0 heterocycles. The number of carbonyl (C=O) groups excluding carboxylic acids is 2. The van der Waals surface area contributed by atoms with Crippen LogP contribution in [0, 0.1) is 18.3 Å². The lowest BCUT2D eigenvalue weighted by Crippen LogP contribution is -2.35. The molecule has 1 N–H and O–H groups in total. The van der Waals surface area contributed by atoms with Crippen molar-refractivity contribution >= 4 is 18.0 Å². The Kier molecular flexibility index (Phi) is 6.15. The van der Waals surface area contributed by atoms with E-state index in [9.17, 15) is 9.59 Å². The van der Waals surface area contributed by atoms with Crippen molar-refractivity contribution in [3.05, 3.63) is 41.0 Å². The average molecular weight is 286 g/mol. The molecule has 1 rings (SSSR count). The molecular weight excluding hydrogens is 268 g/mol. The molecule has 5 heteroatoms. The summed E-state index contributed by atoms with van der Waals surface area (Å²) in [7, 11) is 0. The number of amides is 1. The number of nitriles is 1. The van der Waals surface area contributed by atoms with Gasteiger partial charge in [0.05, 0.1) is 0 Å². The lowest BCUT2D eigenvalue weighted by molar-refractivity contribution is -0.150. The highest BCUT2D eigenvalue weighted by molar-refractivity contribution is 5.99. The Bertz CT molecular complexity index is 583. The highest BCUT2D eigenvalue weighted by Crippen LogP contribution is 2.10. The predicted molar refractivity (Wildman–Crippen MR) is 79.0 cm³/mol. The van der Waals surface area contributed by atoms with Crippen molar-refractivity contribution in [1.82, 2.24) is 5.32 Å². The molecule has 0 fully saturated rings. The fourth-order valence-electron chi connectivity index (χ4n) is 1.56. The van der Waals surface area contributed by atoms with Gasteiger partial charge in [-0.25, -0.2) is 4.79 Å². The van der Waals surface area contributed by atoms with E-state index in [1.54, 1.807) is 25.1 Å². The van der Waals surface area contributed by atoms with Crippen LogP contribution in [0.5, 0.6) is 0 Å². The van der Waals surface area contributed by atoms with E-state index in [2.05, 4.69) is 5.32 Å². The SMILES string of the molecule is CCNC(=O)[C@@H](C)OC(=O)/C(C#N)=C/c1ccc(C)cc1. The van der Waals surface area contributed by atoms with Crippen LogP contribution in [0.1, 0.15) is 25.0 Å². The summed E-state index contributed by atoms with van der Waals surface area (Å²) in [6.07, 6.45) is 0.499. The molecule has 0 aromatic heterocycles. The van der Waals surface area contributed by atoms with Crippen LogP contribution in [0.15, 0.2) is 29.8 Å². The van der Waals surface area contributed by atoms with Crippen LogP contribution in [-0.2, 0) is 14.3 Å². The maximum Gasteiger partial charge on any atom is 0.349 e. The first-order chi connectivity index (χ1) is 9.97. The molecule has 0 aliphatic rings. The van der Waals surface area contributed by atoms with E-state index in [4.69, 9.17) is 10.00 Å². The molecule has 1 amide bonds. The largest absolute Gasteiger partial charge is 0.448 e. The smallest absolute Gasteiger partial charge is 0.349 e. The van der Waals surface area contributed by atoms with Crippen LogP contribution in [0.3, 0.4) is 0 Å². The molecule has 0 radical (unpaired) electrons. The van der Waals surface area contributed by atoms with Crippen LogP contribution >= 0.6 is 0 Å². The van der Waals surface area contributed by atoms with Crippen molar-refractivity contribution in [3.63, 3.8) is 0 Å². The van der Waals surface area contributed by atoms with E-state index in [0.717, 1.165) is 11.1 Å². The van der Waals surface area contributed by atoms with Crippen LogP contribution in [0.4, 0.5) is 0 Å². The number of hydrogen-bond donors (Lipinski definition) is 1. The fourth-order valence-corrected chi connectivity index (χ4v) is 1.56. The monoisotopic (exact) mass is 286 g/mol. The number of likely N-dealkylation sites (N-methyl/N-ethyl adjacent to an activating group) is 1. The molecule has 0 bridgehead atoms. The number of benzene rings is 1. The number of carbonyl (C=O) groups is 2.